The quantitative estimate of drug-likeness (QED) is 0.175. The Kier molecular flexibility index (Phi) is 11.0. The molecule has 0 spiro atoms. The molecular formula is C33H45B. The Morgan fingerprint density at radius 1 is 0.500 bits per heavy atom. The summed E-state index contributed by atoms with van der Waals surface area (Å²) in [5, 5.41) is 0. The Hall–Kier alpha value is -2.28. The summed E-state index contributed by atoms with van der Waals surface area (Å²) in [6.45, 7) is 9.20. The van der Waals surface area contributed by atoms with Crippen LogP contribution >= 0.6 is 0 Å². The first kappa shape index (κ1) is 26.3. The van der Waals surface area contributed by atoms with E-state index < -0.39 is 0 Å². The lowest BCUT2D eigenvalue weighted by Crippen LogP contribution is -2.52. The monoisotopic (exact) mass is 452 g/mol. The molecule has 0 N–H and O–H groups in total. The third-order valence-electron chi connectivity index (χ3n) is 7.33. The highest BCUT2D eigenvalue weighted by Gasteiger charge is 2.22. The number of rotatable bonds is 14. The molecule has 3 aromatic rings. The zero-order chi connectivity index (χ0) is 24.2. The number of hydrogen-bond donors (Lipinski definition) is 0. The van der Waals surface area contributed by atoms with Gasteiger partial charge >= 0.3 is 0 Å². The van der Waals surface area contributed by atoms with Crippen molar-refractivity contribution in [3.63, 3.8) is 0 Å². The first-order chi connectivity index (χ1) is 16.6. The minimum atomic E-state index is 0.285. The van der Waals surface area contributed by atoms with Crippen LogP contribution in [-0.4, -0.2) is 6.71 Å². The van der Waals surface area contributed by atoms with Crippen LogP contribution in [-0.2, 0) is 6.42 Å². The highest BCUT2D eigenvalue weighted by atomic mass is 14.1. The van der Waals surface area contributed by atoms with Gasteiger partial charge in [0.2, 0.25) is 6.71 Å². The van der Waals surface area contributed by atoms with Crippen molar-refractivity contribution >= 4 is 23.1 Å². The third kappa shape index (κ3) is 8.19. The normalized spacial score (nSPS) is 11.1. The summed E-state index contributed by atoms with van der Waals surface area (Å²) in [7, 11) is 0. The first-order valence-corrected chi connectivity index (χ1v) is 13.8. The molecule has 0 atom stereocenters. The molecule has 0 fully saturated rings. The van der Waals surface area contributed by atoms with Crippen LogP contribution in [0.15, 0.2) is 66.7 Å². The zero-order valence-electron chi connectivity index (χ0n) is 22.2. The second-order valence-corrected chi connectivity index (χ2v) is 10.4. The molecule has 34 heavy (non-hydrogen) atoms. The van der Waals surface area contributed by atoms with Crippen molar-refractivity contribution in [2.45, 2.75) is 98.3 Å². The van der Waals surface area contributed by atoms with Crippen LogP contribution in [0.3, 0.4) is 0 Å². The summed E-state index contributed by atoms with van der Waals surface area (Å²) in [5.74, 6) is 0. The van der Waals surface area contributed by atoms with Crippen LogP contribution in [0.5, 0.6) is 0 Å². The zero-order valence-corrected chi connectivity index (χ0v) is 22.2. The van der Waals surface area contributed by atoms with Gasteiger partial charge in [0.25, 0.3) is 0 Å². The van der Waals surface area contributed by atoms with Gasteiger partial charge < -0.3 is 0 Å². The Bertz CT molecular complexity index is 923. The topological polar surface area (TPSA) is 0 Å². The number of unbranched alkanes of at least 4 members (excludes halogenated alkanes) is 9. The van der Waals surface area contributed by atoms with Crippen LogP contribution < -0.4 is 16.4 Å². The molecule has 0 aliphatic heterocycles. The fourth-order valence-electron chi connectivity index (χ4n) is 5.04. The van der Waals surface area contributed by atoms with Gasteiger partial charge in [0.05, 0.1) is 0 Å². The molecule has 0 aromatic heterocycles. The molecule has 1 heteroatoms. The van der Waals surface area contributed by atoms with Gasteiger partial charge in [0, 0.05) is 0 Å². The van der Waals surface area contributed by atoms with E-state index in [-0.39, 0.29) is 6.71 Å². The summed E-state index contributed by atoms with van der Waals surface area (Å²) in [6.07, 6.45) is 15.1. The molecular weight excluding hydrogens is 407 g/mol. The summed E-state index contributed by atoms with van der Waals surface area (Å²) >= 11 is 0. The van der Waals surface area contributed by atoms with E-state index in [0.717, 1.165) is 0 Å². The Labute approximate surface area is 210 Å². The highest BCUT2D eigenvalue weighted by Crippen LogP contribution is 2.15. The summed E-state index contributed by atoms with van der Waals surface area (Å²) in [6, 6.07) is 25.4. The third-order valence-corrected chi connectivity index (χ3v) is 7.33. The number of aryl methyl sites for hydroxylation is 4. The molecule has 0 aliphatic carbocycles. The largest absolute Gasteiger partial charge is 0.241 e. The lowest BCUT2D eigenvalue weighted by molar-refractivity contribution is 0.556. The van der Waals surface area contributed by atoms with Gasteiger partial charge in [-0.3, -0.25) is 0 Å². The van der Waals surface area contributed by atoms with Gasteiger partial charge in [-0.25, -0.2) is 0 Å². The smallest absolute Gasteiger partial charge is 0.0687 e. The number of benzene rings is 3. The van der Waals surface area contributed by atoms with Crippen molar-refractivity contribution in [3.05, 3.63) is 89.0 Å². The maximum atomic E-state index is 2.49. The standard InChI is InChI=1S/C33H45B/c1-5-6-7-8-9-10-11-12-13-14-15-30-26-33(25-20-29(30)4)34(31-21-16-27(2)17-22-31)32-23-18-28(3)19-24-32/h16-26H,5-15H2,1-4H3. The second kappa shape index (κ2) is 14.2. The molecule has 3 rings (SSSR count). The lowest BCUT2D eigenvalue weighted by atomic mass is 9.36. The van der Waals surface area contributed by atoms with Crippen LogP contribution in [0.2, 0.25) is 0 Å². The van der Waals surface area contributed by atoms with Crippen LogP contribution in [0, 0.1) is 20.8 Å². The van der Waals surface area contributed by atoms with E-state index in [2.05, 4.69) is 94.4 Å². The Morgan fingerprint density at radius 2 is 0.941 bits per heavy atom. The minimum Gasteiger partial charge on any atom is -0.0687 e. The van der Waals surface area contributed by atoms with Crippen molar-refractivity contribution in [3.8, 4) is 0 Å². The first-order valence-electron chi connectivity index (χ1n) is 13.8. The van der Waals surface area contributed by atoms with Gasteiger partial charge in [0.15, 0.2) is 0 Å². The van der Waals surface area contributed by atoms with E-state index in [1.807, 2.05) is 0 Å². The fourth-order valence-corrected chi connectivity index (χ4v) is 5.04. The summed E-state index contributed by atoms with van der Waals surface area (Å²) < 4.78 is 0. The van der Waals surface area contributed by atoms with Crippen molar-refractivity contribution in [2.24, 2.45) is 0 Å². The van der Waals surface area contributed by atoms with Crippen molar-refractivity contribution < 1.29 is 0 Å². The van der Waals surface area contributed by atoms with Gasteiger partial charge in [-0.2, -0.15) is 0 Å². The molecule has 0 nitrogen and oxygen atoms in total. The molecule has 0 saturated heterocycles. The van der Waals surface area contributed by atoms with E-state index in [0.29, 0.717) is 0 Å². The molecule has 180 valence electrons. The van der Waals surface area contributed by atoms with Gasteiger partial charge in [-0.15, -0.1) is 0 Å². The molecule has 0 aliphatic rings. The van der Waals surface area contributed by atoms with Crippen molar-refractivity contribution in [2.75, 3.05) is 0 Å². The van der Waals surface area contributed by atoms with Gasteiger partial charge in [-0.05, 0) is 44.7 Å². The van der Waals surface area contributed by atoms with E-state index in [4.69, 9.17) is 0 Å². The van der Waals surface area contributed by atoms with Crippen LogP contribution in [0.25, 0.3) is 0 Å². The minimum absolute atomic E-state index is 0.285. The summed E-state index contributed by atoms with van der Waals surface area (Å²) in [5.41, 5.74) is 9.77. The van der Waals surface area contributed by atoms with Crippen molar-refractivity contribution in [1.82, 2.24) is 0 Å². The Balaban J connectivity index is 1.63. The molecule has 0 bridgehead atoms. The predicted molar refractivity (Wildman–Crippen MR) is 154 cm³/mol. The van der Waals surface area contributed by atoms with Crippen LogP contribution in [0.4, 0.5) is 0 Å². The SMILES string of the molecule is CCCCCCCCCCCCc1cc(B(c2ccc(C)cc2)c2ccc(C)cc2)ccc1C. The molecule has 0 radical (unpaired) electrons. The van der Waals surface area contributed by atoms with Gasteiger partial charge in [0.1, 0.15) is 0 Å². The number of hydrogen-bond acceptors (Lipinski definition) is 0. The van der Waals surface area contributed by atoms with E-state index >= 15 is 0 Å². The van der Waals surface area contributed by atoms with Crippen molar-refractivity contribution in [1.29, 1.82) is 0 Å². The Morgan fingerprint density at radius 3 is 1.44 bits per heavy atom. The second-order valence-electron chi connectivity index (χ2n) is 10.4. The molecule has 0 heterocycles. The average molecular weight is 453 g/mol. The van der Waals surface area contributed by atoms with E-state index in [1.165, 1.54) is 109 Å². The lowest BCUT2D eigenvalue weighted by Gasteiger charge is -2.18. The molecule has 0 amide bonds. The maximum Gasteiger partial charge on any atom is 0.241 e. The highest BCUT2D eigenvalue weighted by molar-refractivity contribution is 6.95. The van der Waals surface area contributed by atoms with E-state index in [1.54, 1.807) is 0 Å². The summed E-state index contributed by atoms with van der Waals surface area (Å²) in [4.78, 5) is 0. The predicted octanol–water partition coefficient (Wildman–Crippen LogP) is 7.59. The van der Waals surface area contributed by atoms with Crippen LogP contribution in [0.1, 0.15) is 93.4 Å². The van der Waals surface area contributed by atoms with Gasteiger partial charge in [-0.1, -0.05) is 159 Å². The average Bonchev–Trinajstić information content (AvgIpc) is 2.84. The maximum absolute atomic E-state index is 2.49. The molecule has 0 saturated carbocycles. The molecule has 0 unspecified atom stereocenters. The molecule has 3 aromatic carbocycles. The van der Waals surface area contributed by atoms with E-state index in [9.17, 15) is 0 Å². The fraction of sp³-hybridized carbons (Fsp3) is 0.455.